The molecule has 1 saturated heterocycles. The molecule has 7 nitrogen and oxygen atoms in total. The summed E-state index contributed by atoms with van der Waals surface area (Å²) in [5, 5.41) is 13.1. The molecule has 1 atom stereocenters. The summed E-state index contributed by atoms with van der Waals surface area (Å²) in [6.07, 6.45) is 3.40. The average Bonchev–Trinajstić information content (AvgIpc) is 3.13. The molecule has 1 saturated carbocycles. The van der Waals surface area contributed by atoms with Crippen molar-refractivity contribution in [1.82, 2.24) is 10.1 Å². The number of carbonyl (C=O) groups is 2. The van der Waals surface area contributed by atoms with E-state index in [1.807, 2.05) is 12.1 Å². The lowest BCUT2D eigenvalue weighted by molar-refractivity contribution is -0.141. The zero-order valence-corrected chi connectivity index (χ0v) is 13.0. The fraction of sp³-hybridized carbons (Fsp3) is 0.412. The van der Waals surface area contributed by atoms with Crippen LogP contribution in [0.25, 0.3) is 11.4 Å². The Morgan fingerprint density at radius 1 is 1.33 bits per heavy atom. The highest BCUT2D eigenvalue weighted by molar-refractivity contribution is 5.99. The van der Waals surface area contributed by atoms with Gasteiger partial charge in [0.2, 0.25) is 17.6 Å². The predicted molar refractivity (Wildman–Crippen MR) is 84.4 cm³/mol. The number of benzene rings is 1. The van der Waals surface area contributed by atoms with Gasteiger partial charge in [0.05, 0.1) is 5.92 Å². The van der Waals surface area contributed by atoms with E-state index in [1.54, 1.807) is 12.1 Å². The normalized spacial score (nSPS) is 21.1. The molecule has 0 spiro atoms. The quantitative estimate of drug-likeness (QED) is 0.926. The number of carbonyl (C=O) groups excluding carboxylic acids is 1. The summed E-state index contributed by atoms with van der Waals surface area (Å²) in [6, 6.07) is 7.26. The number of aliphatic carboxylic acids is 1. The smallest absolute Gasteiger partial charge is 0.308 e. The van der Waals surface area contributed by atoms with E-state index in [2.05, 4.69) is 10.1 Å². The van der Waals surface area contributed by atoms with Crippen molar-refractivity contribution in [3.8, 4) is 11.4 Å². The Hall–Kier alpha value is -2.70. The van der Waals surface area contributed by atoms with E-state index in [0.717, 1.165) is 18.4 Å². The molecule has 1 aliphatic carbocycles. The highest BCUT2D eigenvalue weighted by atomic mass is 16.5. The van der Waals surface area contributed by atoms with Crippen molar-refractivity contribution in [2.75, 3.05) is 11.4 Å². The SMILES string of the molecule is O=C(O)[C@H]1CC(=O)N(c2cccc(-c3noc(C4CCC4)n3)c2)C1. The van der Waals surface area contributed by atoms with Crippen LogP contribution in [0.5, 0.6) is 0 Å². The summed E-state index contributed by atoms with van der Waals surface area (Å²) in [7, 11) is 0. The molecule has 0 bridgehead atoms. The van der Waals surface area contributed by atoms with Gasteiger partial charge in [0.1, 0.15) is 0 Å². The molecule has 2 aromatic rings. The van der Waals surface area contributed by atoms with Crippen LogP contribution in [-0.4, -0.2) is 33.7 Å². The molecule has 1 N–H and O–H groups in total. The predicted octanol–water partition coefficient (Wildman–Crippen LogP) is 2.44. The van der Waals surface area contributed by atoms with E-state index in [0.29, 0.717) is 23.3 Å². The second-order valence-electron chi connectivity index (χ2n) is 6.38. The maximum atomic E-state index is 12.1. The summed E-state index contributed by atoms with van der Waals surface area (Å²) in [5.74, 6) is -0.236. The summed E-state index contributed by atoms with van der Waals surface area (Å²) < 4.78 is 5.34. The zero-order chi connectivity index (χ0) is 16.7. The molecule has 2 aliphatic rings. The first-order valence-electron chi connectivity index (χ1n) is 8.09. The summed E-state index contributed by atoms with van der Waals surface area (Å²) >= 11 is 0. The molecule has 1 aromatic heterocycles. The van der Waals surface area contributed by atoms with Gasteiger partial charge in [-0.05, 0) is 25.0 Å². The van der Waals surface area contributed by atoms with Crippen molar-refractivity contribution in [3.63, 3.8) is 0 Å². The lowest BCUT2D eigenvalue weighted by Crippen LogP contribution is -2.25. The van der Waals surface area contributed by atoms with Gasteiger partial charge in [-0.25, -0.2) is 0 Å². The van der Waals surface area contributed by atoms with Crippen LogP contribution in [0.15, 0.2) is 28.8 Å². The van der Waals surface area contributed by atoms with Crippen LogP contribution < -0.4 is 4.90 Å². The van der Waals surface area contributed by atoms with E-state index in [4.69, 9.17) is 9.63 Å². The molecule has 0 radical (unpaired) electrons. The van der Waals surface area contributed by atoms with E-state index < -0.39 is 11.9 Å². The Balaban J connectivity index is 1.58. The summed E-state index contributed by atoms with van der Waals surface area (Å²) in [6.45, 7) is 0.192. The highest BCUT2D eigenvalue weighted by Gasteiger charge is 2.35. The molecule has 2 heterocycles. The molecule has 1 aliphatic heterocycles. The van der Waals surface area contributed by atoms with Crippen LogP contribution >= 0.6 is 0 Å². The fourth-order valence-corrected chi connectivity index (χ4v) is 3.11. The topological polar surface area (TPSA) is 96.5 Å². The van der Waals surface area contributed by atoms with E-state index in [1.165, 1.54) is 11.3 Å². The molecular formula is C17H17N3O4. The Labute approximate surface area is 138 Å². The fourth-order valence-electron chi connectivity index (χ4n) is 3.11. The van der Waals surface area contributed by atoms with Crippen molar-refractivity contribution in [2.45, 2.75) is 31.6 Å². The first-order valence-corrected chi connectivity index (χ1v) is 8.09. The van der Waals surface area contributed by atoms with Gasteiger partial charge in [-0.1, -0.05) is 23.7 Å². The standard InChI is InChI=1S/C17H17N3O4/c21-14-8-12(17(22)23)9-20(14)13-6-2-5-11(7-13)15-18-16(24-19-15)10-3-1-4-10/h2,5-7,10,12H,1,3-4,8-9H2,(H,22,23)/t12-/m0/s1. The van der Waals surface area contributed by atoms with Crippen LogP contribution in [0, 0.1) is 5.92 Å². The third kappa shape index (κ3) is 2.55. The van der Waals surface area contributed by atoms with Gasteiger partial charge >= 0.3 is 5.97 Å². The summed E-state index contributed by atoms with van der Waals surface area (Å²) in [5.41, 5.74) is 1.42. The first kappa shape index (κ1) is 14.9. The van der Waals surface area contributed by atoms with Crippen LogP contribution in [0.3, 0.4) is 0 Å². The molecule has 24 heavy (non-hydrogen) atoms. The Morgan fingerprint density at radius 2 is 2.17 bits per heavy atom. The van der Waals surface area contributed by atoms with Crippen molar-refractivity contribution < 1.29 is 19.2 Å². The Bertz CT molecular complexity index is 797. The largest absolute Gasteiger partial charge is 0.481 e. The molecule has 124 valence electrons. The van der Waals surface area contributed by atoms with Gasteiger partial charge in [0.25, 0.3) is 0 Å². The monoisotopic (exact) mass is 327 g/mol. The van der Waals surface area contributed by atoms with E-state index >= 15 is 0 Å². The van der Waals surface area contributed by atoms with Crippen molar-refractivity contribution >= 4 is 17.6 Å². The molecule has 7 heteroatoms. The number of aromatic nitrogens is 2. The van der Waals surface area contributed by atoms with E-state index in [-0.39, 0.29) is 18.9 Å². The second-order valence-corrected chi connectivity index (χ2v) is 6.38. The molecule has 2 fully saturated rings. The lowest BCUT2D eigenvalue weighted by Gasteiger charge is -2.20. The van der Waals surface area contributed by atoms with Crippen LogP contribution in [0.2, 0.25) is 0 Å². The molecule has 0 unspecified atom stereocenters. The number of anilines is 1. The van der Waals surface area contributed by atoms with Crippen LogP contribution in [0.1, 0.15) is 37.5 Å². The summed E-state index contributed by atoms with van der Waals surface area (Å²) in [4.78, 5) is 29.2. The average molecular weight is 327 g/mol. The second kappa shape index (κ2) is 5.74. The van der Waals surface area contributed by atoms with Crippen molar-refractivity contribution in [2.24, 2.45) is 5.92 Å². The van der Waals surface area contributed by atoms with Crippen molar-refractivity contribution in [3.05, 3.63) is 30.2 Å². The van der Waals surface area contributed by atoms with Crippen LogP contribution in [0.4, 0.5) is 5.69 Å². The minimum atomic E-state index is -0.940. The number of hydrogen-bond acceptors (Lipinski definition) is 5. The van der Waals surface area contributed by atoms with Gasteiger partial charge < -0.3 is 14.5 Å². The van der Waals surface area contributed by atoms with Gasteiger partial charge in [-0.15, -0.1) is 0 Å². The first-order chi connectivity index (χ1) is 11.6. The minimum absolute atomic E-state index is 0.0353. The number of amides is 1. The van der Waals surface area contributed by atoms with Crippen LogP contribution in [-0.2, 0) is 9.59 Å². The minimum Gasteiger partial charge on any atom is -0.481 e. The van der Waals surface area contributed by atoms with Gasteiger partial charge in [-0.3, -0.25) is 9.59 Å². The van der Waals surface area contributed by atoms with Gasteiger partial charge in [0.15, 0.2) is 0 Å². The number of nitrogens with zero attached hydrogens (tertiary/aromatic N) is 3. The van der Waals surface area contributed by atoms with Crippen molar-refractivity contribution in [1.29, 1.82) is 0 Å². The van der Waals surface area contributed by atoms with Gasteiger partial charge in [-0.2, -0.15) is 4.98 Å². The molecular weight excluding hydrogens is 310 g/mol. The number of carboxylic acid groups (broad SMARTS) is 1. The Kier molecular flexibility index (Phi) is 3.55. The third-order valence-corrected chi connectivity index (χ3v) is 4.79. The highest BCUT2D eigenvalue weighted by Crippen LogP contribution is 2.36. The zero-order valence-electron chi connectivity index (χ0n) is 13.0. The molecule has 4 rings (SSSR count). The number of rotatable bonds is 4. The maximum absolute atomic E-state index is 12.1. The molecule has 1 amide bonds. The van der Waals surface area contributed by atoms with Gasteiger partial charge in [0, 0.05) is 30.1 Å². The number of hydrogen-bond donors (Lipinski definition) is 1. The lowest BCUT2D eigenvalue weighted by atomic mass is 9.85. The maximum Gasteiger partial charge on any atom is 0.308 e. The third-order valence-electron chi connectivity index (χ3n) is 4.79. The Morgan fingerprint density at radius 3 is 2.83 bits per heavy atom. The number of carboxylic acids is 1. The van der Waals surface area contributed by atoms with E-state index in [9.17, 15) is 9.59 Å². The molecule has 1 aromatic carbocycles.